The predicted molar refractivity (Wildman–Crippen MR) is 45.7 cm³/mol. The molecule has 14 heavy (non-hydrogen) atoms. The monoisotopic (exact) mass is 195 g/mol. The Kier molecular flexibility index (Phi) is 2.26. The molecule has 0 bridgehead atoms. The van der Waals surface area contributed by atoms with Crippen LogP contribution >= 0.6 is 0 Å². The number of hydrogen-bond acceptors (Lipinski definition) is 2. The summed E-state index contributed by atoms with van der Waals surface area (Å²) in [6.07, 6.45) is 1.79. The van der Waals surface area contributed by atoms with E-state index in [0.717, 1.165) is 6.07 Å². The molecule has 0 spiro atoms. The maximum Gasteiger partial charge on any atom is 0.126 e. The van der Waals surface area contributed by atoms with Gasteiger partial charge in [-0.25, -0.2) is 8.78 Å². The second kappa shape index (κ2) is 3.57. The maximum atomic E-state index is 12.8. The summed E-state index contributed by atoms with van der Waals surface area (Å²) in [4.78, 5) is 0. The fourth-order valence-electron chi connectivity index (χ4n) is 1.25. The Labute approximate surface area is 79.1 Å². The first-order valence-corrected chi connectivity index (χ1v) is 4.08. The molecule has 2 rings (SSSR count). The Morgan fingerprint density at radius 3 is 2.43 bits per heavy atom. The Hall–Kier alpha value is -1.71. The van der Waals surface area contributed by atoms with E-state index in [1.807, 2.05) is 0 Å². The Morgan fingerprint density at radius 2 is 1.86 bits per heavy atom. The minimum atomic E-state index is -0.580. The number of halogens is 2. The van der Waals surface area contributed by atoms with Crippen molar-refractivity contribution in [2.24, 2.45) is 0 Å². The van der Waals surface area contributed by atoms with Gasteiger partial charge in [0.15, 0.2) is 0 Å². The molecule has 1 aromatic heterocycles. The number of benzene rings is 1. The zero-order valence-corrected chi connectivity index (χ0v) is 7.21. The van der Waals surface area contributed by atoms with Gasteiger partial charge in [0, 0.05) is 18.6 Å². The second-order valence-corrected chi connectivity index (χ2v) is 2.95. The first-order chi connectivity index (χ1) is 6.74. The van der Waals surface area contributed by atoms with E-state index in [1.165, 1.54) is 18.4 Å². The average Bonchev–Trinajstić information content (AvgIpc) is 2.54. The summed E-state index contributed by atoms with van der Waals surface area (Å²) in [5.41, 5.74) is 1.19. The van der Waals surface area contributed by atoms with Crippen LogP contribution in [0.4, 0.5) is 8.78 Å². The van der Waals surface area contributed by atoms with Crippen molar-refractivity contribution in [1.82, 2.24) is 5.16 Å². The van der Waals surface area contributed by atoms with E-state index < -0.39 is 11.6 Å². The van der Waals surface area contributed by atoms with Gasteiger partial charge in [-0.1, -0.05) is 5.16 Å². The van der Waals surface area contributed by atoms with Gasteiger partial charge in [0.05, 0.1) is 5.69 Å². The molecule has 0 saturated heterocycles. The van der Waals surface area contributed by atoms with Crippen LogP contribution in [-0.2, 0) is 6.42 Å². The van der Waals surface area contributed by atoms with Crippen LogP contribution in [0.2, 0.25) is 0 Å². The van der Waals surface area contributed by atoms with E-state index in [1.54, 1.807) is 6.07 Å². The van der Waals surface area contributed by atoms with Gasteiger partial charge in [-0.05, 0) is 17.7 Å². The normalized spacial score (nSPS) is 10.4. The fourth-order valence-corrected chi connectivity index (χ4v) is 1.25. The minimum Gasteiger partial charge on any atom is -0.365 e. The van der Waals surface area contributed by atoms with Gasteiger partial charge in [0.2, 0.25) is 0 Å². The summed E-state index contributed by atoms with van der Waals surface area (Å²) in [5.74, 6) is -1.16. The van der Waals surface area contributed by atoms with Crippen molar-refractivity contribution in [3.63, 3.8) is 0 Å². The average molecular weight is 195 g/mol. The molecule has 0 fully saturated rings. The lowest BCUT2D eigenvalue weighted by Gasteiger charge is -1.98. The SMILES string of the molecule is Fc1cc(F)cc(Cc2ccon2)c1. The quantitative estimate of drug-likeness (QED) is 0.735. The van der Waals surface area contributed by atoms with Crippen LogP contribution in [0.3, 0.4) is 0 Å². The molecule has 0 N–H and O–H groups in total. The summed E-state index contributed by atoms with van der Waals surface area (Å²) >= 11 is 0. The third-order valence-corrected chi connectivity index (χ3v) is 1.80. The standard InChI is InChI=1S/C10H7F2NO/c11-8-3-7(4-9(12)6-8)5-10-1-2-14-13-10/h1-4,6H,5H2. The molecule has 0 amide bonds. The van der Waals surface area contributed by atoms with Gasteiger partial charge in [-0.2, -0.15) is 0 Å². The molecular formula is C10H7F2NO. The maximum absolute atomic E-state index is 12.8. The van der Waals surface area contributed by atoms with Crippen molar-refractivity contribution < 1.29 is 13.3 Å². The van der Waals surface area contributed by atoms with Crippen LogP contribution < -0.4 is 0 Å². The summed E-state index contributed by atoms with van der Waals surface area (Å²) < 4.78 is 30.2. The number of nitrogens with zero attached hydrogens (tertiary/aromatic N) is 1. The minimum absolute atomic E-state index is 0.366. The van der Waals surface area contributed by atoms with Crippen LogP contribution in [0.15, 0.2) is 35.1 Å². The molecule has 0 unspecified atom stereocenters. The van der Waals surface area contributed by atoms with Crippen molar-refractivity contribution in [3.05, 3.63) is 53.4 Å². The van der Waals surface area contributed by atoms with Crippen LogP contribution in [0.25, 0.3) is 0 Å². The molecule has 0 aliphatic heterocycles. The lowest BCUT2D eigenvalue weighted by molar-refractivity contribution is 0.413. The lowest BCUT2D eigenvalue weighted by atomic mass is 10.1. The fraction of sp³-hybridized carbons (Fsp3) is 0.100. The third-order valence-electron chi connectivity index (χ3n) is 1.80. The number of rotatable bonds is 2. The first-order valence-electron chi connectivity index (χ1n) is 4.08. The van der Waals surface area contributed by atoms with Crippen LogP contribution in [0, 0.1) is 11.6 Å². The van der Waals surface area contributed by atoms with Crippen LogP contribution in [-0.4, -0.2) is 5.16 Å². The summed E-state index contributed by atoms with van der Waals surface area (Å²) in [7, 11) is 0. The van der Waals surface area contributed by atoms with Crippen molar-refractivity contribution in [1.29, 1.82) is 0 Å². The molecule has 2 aromatic rings. The smallest absolute Gasteiger partial charge is 0.126 e. The molecule has 2 nitrogen and oxygen atoms in total. The van der Waals surface area contributed by atoms with E-state index >= 15 is 0 Å². The Bertz CT molecular complexity index is 405. The van der Waals surface area contributed by atoms with E-state index in [0.29, 0.717) is 17.7 Å². The predicted octanol–water partition coefficient (Wildman–Crippen LogP) is 2.54. The third kappa shape index (κ3) is 1.96. The molecule has 72 valence electrons. The van der Waals surface area contributed by atoms with Crippen molar-refractivity contribution in [2.45, 2.75) is 6.42 Å². The summed E-state index contributed by atoms with van der Waals surface area (Å²) in [6, 6.07) is 5.05. The van der Waals surface area contributed by atoms with Crippen LogP contribution in [0.5, 0.6) is 0 Å². The molecule has 0 radical (unpaired) electrons. The van der Waals surface area contributed by atoms with Gasteiger partial charge in [-0.15, -0.1) is 0 Å². The van der Waals surface area contributed by atoms with Gasteiger partial charge in [0.25, 0.3) is 0 Å². The van der Waals surface area contributed by atoms with E-state index in [9.17, 15) is 8.78 Å². The van der Waals surface area contributed by atoms with Crippen molar-refractivity contribution in [2.75, 3.05) is 0 Å². The van der Waals surface area contributed by atoms with E-state index in [-0.39, 0.29) is 0 Å². The highest BCUT2D eigenvalue weighted by Crippen LogP contribution is 2.11. The van der Waals surface area contributed by atoms with E-state index in [4.69, 9.17) is 0 Å². The number of hydrogen-bond donors (Lipinski definition) is 0. The topological polar surface area (TPSA) is 26.0 Å². The first kappa shape index (κ1) is 8.87. The summed E-state index contributed by atoms with van der Waals surface area (Å²) in [5, 5.41) is 3.65. The molecule has 4 heteroatoms. The molecular weight excluding hydrogens is 188 g/mol. The molecule has 0 saturated carbocycles. The molecule has 0 aliphatic rings. The largest absolute Gasteiger partial charge is 0.365 e. The van der Waals surface area contributed by atoms with Crippen molar-refractivity contribution in [3.8, 4) is 0 Å². The zero-order valence-electron chi connectivity index (χ0n) is 7.21. The highest BCUT2D eigenvalue weighted by atomic mass is 19.1. The van der Waals surface area contributed by atoms with Gasteiger partial charge in [0.1, 0.15) is 17.9 Å². The Morgan fingerprint density at radius 1 is 1.14 bits per heavy atom. The van der Waals surface area contributed by atoms with E-state index in [2.05, 4.69) is 9.68 Å². The highest BCUT2D eigenvalue weighted by molar-refractivity contribution is 5.22. The molecule has 1 aromatic carbocycles. The summed E-state index contributed by atoms with van der Waals surface area (Å²) in [6.45, 7) is 0. The molecule has 0 aliphatic carbocycles. The second-order valence-electron chi connectivity index (χ2n) is 2.95. The Balaban J connectivity index is 2.25. The molecule has 1 heterocycles. The lowest BCUT2D eigenvalue weighted by Crippen LogP contribution is -1.91. The van der Waals surface area contributed by atoms with Gasteiger partial charge in [-0.3, -0.25) is 0 Å². The number of aromatic nitrogens is 1. The van der Waals surface area contributed by atoms with Gasteiger partial charge < -0.3 is 4.52 Å². The van der Waals surface area contributed by atoms with Gasteiger partial charge >= 0.3 is 0 Å². The van der Waals surface area contributed by atoms with Crippen LogP contribution in [0.1, 0.15) is 11.3 Å². The van der Waals surface area contributed by atoms with Crippen molar-refractivity contribution >= 4 is 0 Å². The molecule has 0 atom stereocenters. The zero-order chi connectivity index (χ0) is 9.97. The highest BCUT2D eigenvalue weighted by Gasteiger charge is 2.03.